The Labute approximate surface area is 95.2 Å². The lowest BCUT2D eigenvalue weighted by Gasteiger charge is -2.14. The zero-order chi connectivity index (χ0) is 13.4. The van der Waals surface area contributed by atoms with Gasteiger partial charge in [0.2, 0.25) is 0 Å². The van der Waals surface area contributed by atoms with Gasteiger partial charge in [0, 0.05) is 0 Å². The lowest BCUT2D eigenvalue weighted by molar-refractivity contribution is -0.0891. The molecule has 0 rings (SSSR count). The van der Waals surface area contributed by atoms with E-state index < -0.39 is 11.7 Å². The topological polar surface area (TPSA) is 0 Å². The summed E-state index contributed by atoms with van der Waals surface area (Å²) in [5.74, 6) is 0. The first-order valence-corrected chi connectivity index (χ1v) is 4.60. The van der Waals surface area contributed by atoms with Gasteiger partial charge < -0.3 is 0 Å². The van der Waals surface area contributed by atoms with E-state index in [0.717, 1.165) is 6.08 Å². The molecule has 0 aromatic rings. The highest BCUT2D eigenvalue weighted by molar-refractivity contribution is 5.50. The van der Waals surface area contributed by atoms with Crippen LogP contribution in [0.1, 0.15) is 13.8 Å². The maximum Gasteiger partial charge on any atom is 0.416 e. The van der Waals surface area contributed by atoms with Gasteiger partial charge in [-0.25, -0.2) is 0 Å². The minimum atomic E-state index is -4.36. The quantitative estimate of drug-likeness (QED) is 0.473. The van der Waals surface area contributed by atoms with E-state index in [9.17, 15) is 13.2 Å². The molecule has 0 fully saturated rings. The van der Waals surface area contributed by atoms with Gasteiger partial charge in [0.05, 0.1) is 5.57 Å². The van der Waals surface area contributed by atoms with Crippen molar-refractivity contribution < 1.29 is 13.2 Å². The molecule has 90 valence electrons. The van der Waals surface area contributed by atoms with Gasteiger partial charge in [0.25, 0.3) is 0 Å². The highest BCUT2D eigenvalue weighted by atomic mass is 19.4. The van der Waals surface area contributed by atoms with Crippen LogP contribution in [-0.2, 0) is 0 Å². The third-order valence-corrected chi connectivity index (χ3v) is 1.80. The van der Waals surface area contributed by atoms with E-state index in [1.807, 2.05) is 0 Å². The molecule has 0 aromatic heterocycles. The van der Waals surface area contributed by atoms with Crippen LogP contribution in [0, 0.1) is 0 Å². The molecule has 0 saturated carbocycles. The van der Waals surface area contributed by atoms with Crippen molar-refractivity contribution in [2.24, 2.45) is 0 Å². The van der Waals surface area contributed by atoms with Crippen molar-refractivity contribution in [2.45, 2.75) is 20.0 Å². The van der Waals surface area contributed by atoms with Crippen molar-refractivity contribution in [3.05, 3.63) is 61.3 Å². The average Bonchev–Trinajstić information content (AvgIpc) is 2.21. The van der Waals surface area contributed by atoms with Crippen molar-refractivity contribution in [3.63, 3.8) is 0 Å². The molecule has 0 aliphatic rings. The summed E-state index contributed by atoms with van der Waals surface area (Å²) in [5.41, 5.74) is -0.363. The number of rotatable bonds is 3. The molecule has 3 heteroatoms. The van der Waals surface area contributed by atoms with Gasteiger partial charge in [-0.05, 0) is 25.0 Å². The molecule has 0 bridgehead atoms. The molecule has 16 heavy (non-hydrogen) atoms. The fraction of sp³-hybridized carbons (Fsp3) is 0.231. The molecule has 0 aromatic carbocycles. The second-order valence-electron chi connectivity index (χ2n) is 2.63. The number of halogens is 3. The molecule has 0 heterocycles. The van der Waals surface area contributed by atoms with Crippen molar-refractivity contribution >= 4 is 0 Å². The highest BCUT2D eigenvalue weighted by Crippen LogP contribution is 2.33. The summed E-state index contributed by atoms with van der Waals surface area (Å²) in [5, 5.41) is 0. The molecule has 0 saturated heterocycles. The highest BCUT2D eigenvalue weighted by Gasteiger charge is 2.34. The number of hydrogen-bond acceptors (Lipinski definition) is 0. The van der Waals surface area contributed by atoms with Crippen molar-refractivity contribution in [2.75, 3.05) is 0 Å². The Balaban J connectivity index is 0. The summed E-state index contributed by atoms with van der Waals surface area (Å²) in [6.07, 6.45) is -0.444. The Bertz CT molecular complexity index is 304. The van der Waals surface area contributed by atoms with Gasteiger partial charge in [0.15, 0.2) is 0 Å². The van der Waals surface area contributed by atoms with Crippen LogP contribution in [0.3, 0.4) is 0 Å². The van der Waals surface area contributed by atoms with Gasteiger partial charge in [-0.3, -0.25) is 0 Å². The first-order chi connectivity index (χ1) is 7.38. The largest absolute Gasteiger partial charge is 0.416 e. The molecule has 0 spiro atoms. The second-order valence-corrected chi connectivity index (χ2v) is 2.63. The van der Waals surface area contributed by atoms with E-state index in [1.54, 1.807) is 13.0 Å². The van der Waals surface area contributed by atoms with Crippen molar-refractivity contribution in [1.29, 1.82) is 0 Å². The Hall–Kier alpha value is -1.51. The average molecular weight is 230 g/mol. The first kappa shape index (κ1) is 16.9. The normalized spacial score (nSPS) is 12.6. The Morgan fingerprint density at radius 3 is 1.69 bits per heavy atom. The van der Waals surface area contributed by atoms with E-state index in [4.69, 9.17) is 0 Å². The van der Waals surface area contributed by atoms with Crippen molar-refractivity contribution in [3.8, 4) is 0 Å². The van der Waals surface area contributed by atoms with Crippen LogP contribution in [0.4, 0.5) is 13.2 Å². The van der Waals surface area contributed by atoms with Crippen molar-refractivity contribution in [1.82, 2.24) is 0 Å². The monoisotopic (exact) mass is 230 g/mol. The molecule has 0 nitrogen and oxygen atoms in total. The van der Waals surface area contributed by atoms with Crippen LogP contribution >= 0.6 is 0 Å². The number of alkyl halides is 3. The summed E-state index contributed by atoms with van der Waals surface area (Å²) >= 11 is 0. The van der Waals surface area contributed by atoms with E-state index in [0.29, 0.717) is 5.57 Å². The third-order valence-electron chi connectivity index (χ3n) is 1.80. The minimum Gasteiger partial charge on any atom is -0.166 e. The predicted octanol–water partition coefficient (Wildman–Crippen LogP) is 4.99. The molecule has 0 N–H and O–H groups in total. The molecule has 0 amide bonds. The van der Waals surface area contributed by atoms with Gasteiger partial charge >= 0.3 is 6.18 Å². The standard InChI is InChI=1S/C11H13F3.C2H4/c1-5-9(6-2)8(4)10(7-3)11(12,13)14;1-2/h5-7H,1,4H2,2-3H3;1-2H2/b9-6+,10-7+;. The lowest BCUT2D eigenvalue weighted by atomic mass is 9.99. The smallest absolute Gasteiger partial charge is 0.166 e. The van der Waals surface area contributed by atoms with Gasteiger partial charge in [-0.15, -0.1) is 13.2 Å². The summed E-state index contributed by atoms with van der Waals surface area (Å²) in [6.45, 7) is 15.8. The van der Waals surface area contributed by atoms with E-state index in [2.05, 4.69) is 26.3 Å². The summed E-state index contributed by atoms with van der Waals surface area (Å²) in [4.78, 5) is 0. The van der Waals surface area contributed by atoms with Crippen LogP contribution in [-0.4, -0.2) is 6.18 Å². The molecule has 0 aliphatic heterocycles. The Morgan fingerprint density at radius 2 is 1.50 bits per heavy atom. The molecular formula is C13H17F3. The van der Waals surface area contributed by atoms with E-state index in [1.165, 1.54) is 13.0 Å². The first-order valence-electron chi connectivity index (χ1n) is 4.60. The van der Waals surface area contributed by atoms with Crippen LogP contribution < -0.4 is 0 Å². The SMILES string of the molecule is C=C.C=C/C(=C\C)C(=C)/C(=C\C)C(F)(F)F. The molecule has 0 atom stereocenters. The molecule has 0 radical (unpaired) electrons. The zero-order valence-corrected chi connectivity index (χ0v) is 9.69. The molecular weight excluding hydrogens is 213 g/mol. The summed E-state index contributed by atoms with van der Waals surface area (Å²) < 4.78 is 37.2. The molecule has 0 aliphatic carbocycles. The van der Waals surface area contributed by atoms with Crippen LogP contribution in [0.5, 0.6) is 0 Å². The van der Waals surface area contributed by atoms with Crippen LogP contribution in [0.25, 0.3) is 0 Å². The van der Waals surface area contributed by atoms with Gasteiger partial charge in [0.1, 0.15) is 0 Å². The fourth-order valence-corrected chi connectivity index (χ4v) is 1.08. The van der Waals surface area contributed by atoms with E-state index in [-0.39, 0.29) is 5.57 Å². The van der Waals surface area contributed by atoms with E-state index >= 15 is 0 Å². The Kier molecular flexibility index (Phi) is 8.18. The minimum absolute atomic E-state index is 0.0440. The number of hydrogen-bond donors (Lipinski definition) is 0. The Morgan fingerprint density at radius 1 is 1.06 bits per heavy atom. The fourth-order valence-electron chi connectivity index (χ4n) is 1.08. The second kappa shape index (κ2) is 7.74. The van der Waals surface area contributed by atoms with Crippen LogP contribution in [0.2, 0.25) is 0 Å². The zero-order valence-electron chi connectivity index (χ0n) is 9.69. The lowest BCUT2D eigenvalue weighted by Crippen LogP contribution is -2.14. The van der Waals surface area contributed by atoms with Gasteiger partial charge in [-0.2, -0.15) is 13.2 Å². The maximum atomic E-state index is 12.4. The van der Waals surface area contributed by atoms with Gasteiger partial charge in [-0.1, -0.05) is 31.4 Å². The summed E-state index contributed by atoms with van der Waals surface area (Å²) in [7, 11) is 0. The summed E-state index contributed by atoms with van der Waals surface area (Å²) in [6, 6.07) is 0. The predicted molar refractivity (Wildman–Crippen MR) is 64.2 cm³/mol. The number of allylic oxidation sites excluding steroid dienone is 6. The third kappa shape index (κ3) is 4.82. The molecule has 0 unspecified atom stereocenters. The maximum absolute atomic E-state index is 12.4. The van der Waals surface area contributed by atoms with Crippen LogP contribution in [0.15, 0.2) is 61.3 Å².